The normalized spacial score (nSPS) is 30.0. The van der Waals surface area contributed by atoms with Gasteiger partial charge in [0.05, 0.1) is 13.2 Å². The second-order valence-corrected chi connectivity index (χ2v) is 7.38. The van der Waals surface area contributed by atoms with Crippen molar-refractivity contribution in [3.05, 3.63) is 17.5 Å². The molecule has 1 saturated heterocycles. The van der Waals surface area contributed by atoms with Gasteiger partial charge in [0.15, 0.2) is 5.69 Å². The van der Waals surface area contributed by atoms with Gasteiger partial charge in [-0.25, -0.2) is 9.97 Å². The molecule has 3 fully saturated rings. The minimum Gasteiger partial charge on any atom is -0.379 e. The molecule has 2 aliphatic carbocycles. The third-order valence-electron chi connectivity index (χ3n) is 5.68. The van der Waals surface area contributed by atoms with E-state index in [2.05, 4.69) is 15.3 Å². The maximum Gasteiger partial charge on any atom is 0.433 e. The highest BCUT2D eigenvalue weighted by Crippen LogP contribution is 2.45. The van der Waals surface area contributed by atoms with E-state index in [1.807, 2.05) is 4.90 Å². The number of alkyl halides is 3. The van der Waals surface area contributed by atoms with Gasteiger partial charge in [0.1, 0.15) is 0 Å². The number of morpholine rings is 1. The second kappa shape index (κ2) is 6.72. The van der Waals surface area contributed by atoms with Gasteiger partial charge in [-0.1, -0.05) is 6.42 Å². The first-order valence-electron chi connectivity index (χ1n) is 8.99. The van der Waals surface area contributed by atoms with E-state index >= 15 is 0 Å². The molecule has 8 heteroatoms. The summed E-state index contributed by atoms with van der Waals surface area (Å²) in [6.45, 7) is 2.55. The van der Waals surface area contributed by atoms with E-state index in [-0.39, 0.29) is 24.1 Å². The first-order valence-corrected chi connectivity index (χ1v) is 8.99. The average Bonchev–Trinajstić information content (AvgIpc) is 3.19. The van der Waals surface area contributed by atoms with Crippen LogP contribution in [0.3, 0.4) is 0 Å². The van der Waals surface area contributed by atoms with Gasteiger partial charge in [0, 0.05) is 37.4 Å². The van der Waals surface area contributed by atoms with Crippen LogP contribution in [0.2, 0.25) is 0 Å². The van der Waals surface area contributed by atoms with E-state index < -0.39 is 11.9 Å². The lowest BCUT2D eigenvalue weighted by Gasteiger charge is -2.27. The standard InChI is InChI=1S/C17H23F3N4O/c18-17(19,20)15-13(10-24-3-5-25-6-4-24)9-21-16(23-15)22-14-8-11-1-2-12(14)7-11/h9,11-12,14H,1-8,10H2,(H,21,22,23)/t11-,12-,14-/m1/s1. The van der Waals surface area contributed by atoms with Crippen LogP contribution in [-0.4, -0.2) is 47.2 Å². The monoisotopic (exact) mass is 356 g/mol. The predicted octanol–water partition coefficient (Wildman–Crippen LogP) is 2.93. The number of aromatic nitrogens is 2. The zero-order chi connectivity index (χ0) is 17.4. The number of rotatable bonds is 4. The Bertz CT molecular complexity index is 618. The third kappa shape index (κ3) is 3.74. The molecule has 3 aliphatic rings. The Morgan fingerprint density at radius 3 is 2.64 bits per heavy atom. The van der Waals surface area contributed by atoms with E-state index in [0.717, 1.165) is 12.8 Å². The first-order chi connectivity index (χ1) is 12.0. The summed E-state index contributed by atoms with van der Waals surface area (Å²) in [5, 5.41) is 3.16. The molecule has 25 heavy (non-hydrogen) atoms. The highest BCUT2D eigenvalue weighted by molar-refractivity contribution is 5.33. The minimum absolute atomic E-state index is 0.107. The number of anilines is 1. The lowest BCUT2D eigenvalue weighted by Crippen LogP contribution is -2.36. The summed E-state index contributed by atoms with van der Waals surface area (Å²) in [5.41, 5.74) is -0.687. The maximum absolute atomic E-state index is 13.5. The van der Waals surface area contributed by atoms with E-state index in [0.29, 0.717) is 38.1 Å². The fourth-order valence-electron chi connectivity index (χ4n) is 4.42. The van der Waals surface area contributed by atoms with E-state index in [4.69, 9.17) is 4.74 Å². The van der Waals surface area contributed by atoms with Crippen LogP contribution in [0, 0.1) is 11.8 Å². The number of nitrogens with one attached hydrogen (secondary N) is 1. The molecule has 0 aromatic carbocycles. The molecule has 0 spiro atoms. The molecule has 2 heterocycles. The van der Waals surface area contributed by atoms with Crippen molar-refractivity contribution in [2.45, 2.75) is 44.4 Å². The van der Waals surface area contributed by atoms with E-state index in [1.54, 1.807) is 0 Å². The molecular formula is C17H23F3N4O. The van der Waals surface area contributed by atoms with Crippen LogP contribution in [0.4, 0.5) is 19.1 Å². The van der Waals surface area contributed by atoms with Crippen molar-refractivity contribution in [3.8, 4) is 0 Å². The summed E-state index contributed by atoms with van der Waals surface area (Å²) in [7, 11) is 0. The number of nitrogens with zero attached hydrogens (tertiary/aromatic N) is 3. The van der Waals surface area contributed by atoms with Crippen LogP contribution in [0.25, 0.3) is 0 Å². The summed E-state index contributed by atoms with van der Waals surface area (Å²) in [6.07, 6.45) is 1.46. The Hall–Kier alpha value is -1.41. The maximum atomic E-state index is 13.5. The molecule has 2 saturated carbocycles. The molecule has 0 unspecified atom stereocenters. The first kappa shape index (κ1) is 17.0. The van der Waals surface area contributed by atoms with Crippen LogP contribution >= 0.6 is 0 Å². The Labute approximate surface area is 145 Å². The van der Waals surface area contributed by atoms with Crippen LogP contribution in [0.15, 0.2) is 6.20 Å². The van der Waals surface area contributed by atoms with Crippen molar-refractivity contribution < 1.29 is 17.9 Å². The smallest absolute Gasteiger partial charge is 0.379 e. The molecule has 0 radical (unpaired) electrons. The van der Waals surface area contributed by atoms with Crippen LogP contribution in [0.5, 0.6) is 0 Å². The highest BCUT2D eigenvalue weighted by atomic mass is 19.4. The van der Waals surface area contributed by atoms with Crippen molar-refractivity contribution in [1.29, 1.82) is 0 Å². The molecule has 4 rings (SSSR count). The quantitative estimate of drug-likeness (QED) is 0.899. The van der Waals surface area contributed by atoms with Crippen molar-refractivity contribution >= 4 is 5.95 Å². The number of fused-ring (bicyclic) bond motifs is 2. The fraction of sp³-hybridized carbons (Fsp3) is 0.765. The zero-order valence-corrected chi connectivity index (χ0v) is 14.1. The predicted molar refractivity (Wildman–Crippen MR) is 86.0 cm³/mol. The molecule has 1 aromatic heterocycles. The second-order valence-electron chi connectivity index (χ2n) is 7.38. The van der Waals surface area contributed by atoms with Gasteiger partial charge in [0.2, 0.25) is 5.95 Å². The van der Waals surface area contributed by atoms with Crippen LogP contribution < -0.4 is 5.32 Å². The van der Waals surface area contributed by atoms with E-state index in [9.17, 15) is 13.2 Å². The van der Waals surface area contributed by atoms with E-state index in [1.165, 1.54) is 19.0 Å². The summed E-state index contributed by atoms with van der Waals surface area (Å²) >= 11 is 0. The summed E-state index contributed by atoms with van der Waals surface area (Å²) in [6, 6.07) is 0.213. The van der Waals surface area contributed by atoms with Crippen molar-refractivity contribution in [2.24, 2.45) is 11.8 Å². The molecule has 1 N–H and O–H groups in total. The average molecular weight is 356 g/mol. The summed E-state index contributed by atoms with van der Waals surface area (Å²) in [5.74, 6) is 1.37. The van der Waals surface area contributed by atoms with Crippen molar-refractivity contribution in [1.82, 2.24) is 14.9 Å². The number of ether oxygens (including phenoxy) is 1. The summed E-state index contributed by atoms with van der Waals surface area (Å²) < 4.78 is 45.7. The molecule has 1 aliphatic heterocycles. The Balaban J connectivity index is 1.51. The Kier molecular flexibility index (Phi) is 4.58. The van der Waals surface area contributed by atoms with Crippen molar-refractivity contribution in [3.63, 3.8) is 0 Å². The lowest BCUT2D eigenvalue weighted by atomic mass is 9.95. The third-order valence-corrected chi connectivity index (χ3v) is 5.68. The Morgan fingerprint density at radius 2 is 2.00 bits per heavy atom. The van der Waals surface area contributed by atoms with Gasteiger partial charge in [0.25, 0.3) is 0 Å². The minimum atomic E-state index is -4.48. The van der Waals surface area contributed by atoms with Crippen molar-refractivity contribution in [2.75, 3.05) is 31.6 Å². The zero-order valence-electron chi connectivity index (χ0n) is 14.1. The van der Waals surface area contributed by atoms with Gasteiger partial charge in [-0.05, 0) is 31.1 Å². The molecular weight excluding hydrogens is 333 g/mol. The Morgan fingerprint density at radius 1 is 1.20 bits per heavy atom. The SMILES string of the molecule is FC(F)(F)c1nc(N[C@@H]2C[C@@H]3CC[C@@H]2C3)ncc1CN1CCOCC1. The molecule has 2 bridgehead atoms. The van der Waals surface area contributed by atoms with Gasteiger partial charge in [-0.3, -0.25) is 4.90 Å². The van der Waals surface area contributed by atoms with Gasteiger partial charge in [-0.15, -0.1) is 0 Å². The molecule has 5 nitrogen and oxygen atoms in total. The fourth-order valence-corrected chi connectivity index (χ4v) is 4.42. The van der Waals surface area contributed by atoms with Crippen LogP contribution in [-0.2, 0) is 17.5 Å². The molecule has 1 aromatic rings. The lowest BCUT2D eigenvalue weighted by molar-refractivity contribution is -0.142. The highest BCUT2D eigenvalue weighted by Gasteiger charge is 2.41. The topological polar surface area (TPSA) is 50.3 Å². The molecule has 138 valence electrons. The van der Waals surface area contributed by atoms with Gasteiger partial charge in [-0.2, -0.15) is 13.2 Å². The van der Waals surface area contributed by atoms with Crippen LogP contribution in [0.1, 0.15) is 36.9 Å². The number of hydrogen-bond donors (Lipinski definition) is 1. The molecule has 3 atom stereocenters. The molecule has 0 amide bonds. The summed E-state index contributed by atoms with van der Waals surface area (Å²) in [4.78, 5) is 9.98. The number of halogens is 3. The van der Waals surface area contributed by atoms with Gasteiger partial charge >= 0.3 is 6.18 Å². The largest absolute Gasteiger partial charge is 0.433 e. The number of hydrogen-bond acceptors (Lipinski definition) is 5. The van der Waals surface area contributed by atoms with Gasteiger partial charge < -0.3 is 10.1 Å².